The zero-order valence-corrected chi connectivity index (χ0v) is 13.5. The number of benzene rings is 1. The molecule has 1 aromatic carbocycles. The maximum atomic E-state index is 12.3. The van der Waals surface area contributed by atoms with Crippen molar-refractivity contribution in [1.29, 1.82) is 0 Å². The number of fused-ring (bicyclic) bond motifs is 3. The van der Waals surface area contributed by atoms with Crippen LogP contribution in [0.15, 0.2) is 28.7 Å². The highest BCUT2D eigenvalue weighted by atomic mass is 16.5. The first kappa shape index (κ1) is 14.6. The SMILES string of the molecule is Cc1c([C@@H](C)NC(=O)NC2CC3CCC2O3)oc2ccccc12. The number of urea groups is 1. The molecule has 2 aliphatic rings. The lowest BCUT2D eigenvalue weighted by molar-refractivity contribution is 0.0980. The quantitative estimate of drug-likeness (QED) is 0.912. The largest absolute Gasteiger partial charge is 0.459 e. The van der Waals surface area contributed by atoms with Gasteiger partial charge < -0.3 is 19.8 Å². The number of amides is 2. The van der Waals surface area contributed by atoms with E-state index in [2.05, 4.69) is 10.6 Å². The fraction of sp³-hybridized carbons (Fsp3) is 0.500. The third kappa shape index (κ3) is 2.59. The van der Waals surface area contributed by atoms with E-state index < -0.39 is 0 Å². The summed E-state index contributed by atoms with van der Waals surface area (Å²) in [5.41, 5.74) is 1.94. The molecule has 2 aliphatic heterocycles. The van der Waals surface area contributed by atoms with Crippen molar-refractivity contribution in [3.8, 4) is 0 Å². The second-order valence-electron chi connectivity index (χ2n) is 6.64. The fourth-order valence-electron chi connectivity index (χ4n) is 3.87. The molecule has 2 N–H and O–H groups in total. The molecule has 3 unspecified atom stereocenters. The van der Waals surface area contributed by atoms with Crippen LogP contribution in [0.5, 0.6) is 0 Å². The van der Waals surface area contributed by atoms with Gasteiger partial charge in [0.2, 0.25) is 0 Å². The molecule has 2 bridgehead atoms. The number of aryl methyl sites for hydroxylation is 1. The Labute approximate surface area is 135 Å². The molecular formula is C18H22N2O3. The van der Waals surface area contributed by atoms with Crippen LogP contribution in [0, 0.1) is 6.92 Å². The molecule has 2 saturated heterocycles. The number of hydrogen-bond acceptors (Lipinski definition) is 3. The third-order valence-electron chi connectivity index (χ3n) is 5.04. The molecule has 2 amide bonds. The van der Waals surface area contributed by atoms with Gasteiger partial charge in [0.1, 0.15) is 11.3 Å². The summed E-state index contributed by atoms with van der Waals surface area (Å²) in [4.78, 5) is 12.3. The van der Waals surface area contributed by atoms with Gasteiger partial charge >= 0.3 is 6.03 Å². The van der Waals surface area contributed by atoms with Crippen LogP contribution in [-0.2, 0) is 4.74 Å². The minimum Gasteiger partial charge on any atom is -0.459 e. The predicted octanol–water partition coefficient (Wildman–Crippen LogP) is 3.42. The van der Waals surface area contributed by atoms with E-state index in [4.69, 9.17) is 9.15 Å². The third-order valence-corrected chi connectivity index (χ3v) is 5.04. The Hall–Kier alpha value is -2.01. The molecule has 4 rings (SSSR count). The van der Waals surface area contributed by atoms with Gasteiger partial charge in [0.15, 0.2) is 0 Å². The summed E-state index contributed by atoms with van der Waals surface area (Å²) >= 11 is 0. The summed E-state index contributed by atoms with van der Waals surface area (Å²) in [6, 6.07) is 7.74. The first-order chi connectivity index (χ1) is 11.1. The highest BCUT2D eigenvalue weighted by Crippen LogP contribution is 2.34. The lowest BCUT2D eigenvalue weighted by Crippen LogP contribution is -2.46. The van der Waals surface area contributed by atoms with E-state index in [-0.39, 0.29) is 24.2 Å². The van der Waals surface area contributed by atoms with Gasteiger partial charge in [-0.1, -0.05) is 18.2 Å². The van der Waals surface area contributed by atoms with Crippen molar-refractivity contribution in [1.82, 2.24) is 10.6 Å². The van der Waals surface area contributed by atoms with Crippen molar-refractivity contribution in [3.63, 3.8) is 0 Å². The number of furan rings is 1. The van der Waals surface area contributed by atoms with Gasteiger partial charge in [-0.3, -0.25) is 0 Å². The van der Waals surface area contributed by atoms with Gasteiger partial charge in [-0.15, -0.1) is 0 Å². The second-order valence-corrected chi connectivity index (χ2v) is 6.64. The van der Waals surface area contributed by atoms with Crippen LogP contribution in [0.25, 0.3) is 11.0 Å². The summed E-state index contributed by atoms with van der Waals surface area (Å²) in [5.74, 6) is 0.811. The van der Waals surface area contributed by atoms with Crippen molar-refractivity contribution < 1.29 is 13.9 Å². The lowest BCUT2D eigenvalue weighted by atomic mass is 9.96. The maximum Gasteiger partial charge on any atom is 0.315 e. The van der Waals surface area contributed by atoms with Crippen LogP contribution >= 0.6 is 0 Å². The summed E-state index contributed by atoms with van der Waals surface area (Å²) in [6.07, 6.45) is 3.62. The minimum atomic E-state index is -0.179. The van der Waals surface area contributed by atoms with Crippen LogP contribution in [-0.4, -0.2) is 24.3 Å². The number of ether oxygens (including phenoxy) is 1. The summed E-state index contributed by atoms with van der Waals surface area (Å²) < 4.78 is 11.7. The Balaban J connectivity index is 1.43. The molecule has 23 heavy (non-hydrogen) atoms. The van der Waals surface area contributed by atoms with E-state index in [1.807, 2.05) is 38.1 Å². The van der Waals surface area contributed by atoms with Crippen LogP contribution in [0.3, 0.4) is 0 Å². The molecule has 3 heterocycles. The minimum absolute atomic E-state index is 0.137. The van der Waals surface area contributed by atoms with Crippen LogP contribution in [0.2, 0.25) is 0 Å². The Morgan fingerprint density at radius 3 is 2.83 bits per heavy atom. The smallest absolute Gasteiger partial charge is 0.315 e. The second kappa shape index (κ2) is 5.57. The van der Waals surface area contributed by atoms with Crippen molar-refractivity contribution in [3.05, 3.63) is 35.6 Å². The average molecular weight is 314 g/mol. The topological polar surface area (TPSA) is 63.5 Å². The number of carbonyl (C=O) groups excluding carboxylic acids is 1. The lowest BCUT2D eigenvalue weighted by Gasteiger charge is -2.21. The summed E-state index contributed by atoms with van der Waals surface area (Å²) in [5, 5.41) is 7.13. The number of hydrogen-bond donors (Lipinski definition) is 2. The van der Waals surface area contributed by atoms with Gasteiger partial charge in [0.05, 0.1) is 24.3 Å². The van der Waals surface area contributed by atoms with Crippen molar-refractivity contribution in [2.75, 3.05) is 0 Å². The van der Waals surface area contributed by atoms with Gasteiger partial charge in [-0.25, -0.2) is 4.79 Å². The van der Waals surface area contributed by atoms with Crippen LogP contribution in [0.1, 0.15) is 43.6 Å². The predicted molar refractivity (Wildman–Crippen MR) is 87.3 cm³/mol. The summed E-state index contributed by atoms with van der Waals surface area (Å²) in [6.45, 7) is 3.97. The number of para-hydroxylation sites is 1. The molecule has 0 radical (unpaired) electrons. The zero-order valence-electron chi connectivity index (χ0n) is 13.5. The first-order valence-corrected chi connectivity index (χ1v) is 8.32. The molecular weight excluding hydrogens is 292 g/mol. The molecule has 2 aromatic rings. The molecule has 0 aliphatic carbocycles. The maximum absolute atomic E-state index is 12.3. The van der Waals surface area contributed by atoms with Gasteiger partial charge in [-0.05, 0) is 39.2 Å². The molecule has 5 heteroatoms. The summed E-state index contributed by atoms with van der Waals surface area (Å²) in [7, 11) is 0. The zero-order chi connectivity index (χ0) is 16.0. The van der Waals surface area contributed by atoms with Crippen LogP contribution < -0.4 is 10.6 Å². The van der Waals surface area contributed by atoms with E-state index >= 15 is 0 Å². The monoisotopic (exact) mass is 314 g/mol. The number of carbonyl (C=O) groups is 1. The Morgan fingerprint density at radius 2 is 2.13 bits per heavy atom. The average Bonchev–Trinajstić information content (AvgIpc) is 3.22. The Morgan fingerprint density at radius 1 is 1.30 bits per heavy atom. The molecule has 0 saturated carbocycles. The van der Waals surface area contributed by atoms with Gasteiger partial charge in [0.25, 0.3) is 0 Å². The van der Waals surface area contributed by atoms with E-state index in [9.17, 15) is 4.79 Å². The molecule has 0 spiro atoms. The highest BCUT2D eigenvalue weighted by Gasteiger charge is 2.41. The number of nitrogens with one attached hydrogen (secondary N) is 2. The van der Waals surface area contributed by atoms with E-state index in [1.165, 1.54) is 0 Å². The van der Waals surface area contributed by atoms with E-state index in [0.29, 0.717) is 6.10 Å². The molecule has 5 nitrogen and oxygen atoms in total. The molecule has 122 valence electrons. The highest BCUT2D eigenvalue weighted by molar-refractivity contribution is 5.82. The van der Waals surface area contributed by atoms with Gasteiger partial charge in [0, 0.05) is 10.9 Å². The molecule has 2 fully saturated rings. The first-order valence-electron chi connectivity index (χ1n) is 8.32. The normalized spacial score (nSPS) is 27.3. The molecule has 4 atom stereocenters. The fourth-order valence-corrected chi connectivity index (χ4v) is 3.87. The van der Waals surface area contributed by atoms with Crippen molar-refractivity contribution in [2.24, 2.45) is 0 Å². The standard InChI is InChI=1S/C18H22N2O3/c1-10-13-5-3-4-6-15(13)23-17(10)11(2)19-18(21)20-14-9-12-7-8-16(14)22-12/h3-6,11-12,14,16H,7-9H2,1-2H3,(H2,19,20,21)/t11-,12?,14?,16?/m1/s1. The Kier molecular flexibility index (Phi) is 3.53. The molecule has 1 aromatic heterocycles. The van der Waals surface area contributed by atoms with Crippen LogP contribution in [0.4, 0.5) is 4.79 Å². The van der Waals surface area contributed by atoms with E-state index in [1.54, 1.807) is 0 Å². The van der Waals surface area contributed by atoms with Gasteiger partial charge in [-0.2, -0.15) is 0 Å². The Bertz CT molecular complexity index is 739. The van der Waals surface area contributed by atoms with Crippen molar-refractivity contribution in [2.45, 2.75) is 57.4 Å². The van der Waals surface area contributed by atoms with E-state index in [0.717, 1.165) is 41.6 Å². The number of rotatable bonds is 3. The van der Waals surface area contributed by atoms with Crippen molar-refractivity contribution >= 4 is 17.0 Å².